The van der Waals surface area contributed by atoms with E-state index in [0.717, 1.165) is 37.0 Å². The van der Waals surface area contributed by atoms with E-state index in [0.29, 0.717) is 5.92 Å². The van der Waals surface area contributed by atoms with Crippen molar-refractivity contribution >= 4 is 5.69 Å². The second-order valence-electron chi connectivity index (χ2n) is 8.93. The van der Waals surface area contributed by atoms with Crippen LogP contribution in [-0.2, 0) is 12.0 Å². The van der Waals surface area contributed by atoms with Crippen LogP contribution in [-0.4, -0.2) is 26.3 Å². The zero-order valence-electron chi connectivity index (χ0n) is 18.8. The van der Waals surface area contributed by atoms with E-state index in [4.69, 9.17) is 4.74 Å². The van der Waals surface area contributed by atoms with E-state index in [1.807, 2.05) is 24.3 Å². The van der Waals surface area contributed by atoms with Crippen LogP contribution in [0.1, 0.15) is 41.9 Å². The third-order valence-corrected chi connectivity index (χ3v) is 6.90. The molecule has 1 N–H and O–H groups in total. The number of hydrogen-bond donors (Lipinski definition) is 1. The first-order chi connectivity index (χ1) is 15.0. The van der Waals surface area contributed by atoms with E-state index in [1.54, 1.807) is 7.11 Å². The Hall–Kier alpha value is -2.78. The monoisotopic (exact) mass is 415 g/mol. The third kappa shape index (κ3) is 4.33. The number of hydrogen-bond acceptors (Lipinski definition) is 3. The second kappa shape index (κ2) is 9.15. The highest BCUT2D eigenvalue weighted by Crippen LogP contribution is 2.50. The maximum atomic E-state index is 12.2. The normalized spacial score (nSPS) is 23.4. The molecule has 3 atom stereocenters. The van der Waals surface area contributed by atoms with Crippen LogP contribution >= 0.6 is 0 Å². The van der Waals surface area contributed by atoms with Crippen molar-refractivity contribution in [2.75, 3.05) is 26.1 Å². The summed E-state index contributed by atoms with van der Waals surface area (Å²) < 4.78 is 5.67. The summed E-state index contributed by atoms with van der Waals surface area (Å²) in [6.45, 7) is 0. The van der Waals surface area contributed by atoms with Crippen LogP contribution in [0.3, 0.4) is 0 Å². The van der Waals surface area contributed by atoms with Crippen LogP contribution in [0.25, 0.3) is 0 Å². The first kappa shape index (κ1) is 21.5. The van der Waals surface area contributed by atoms with Crippen molar-refractivity contribution in [3.63, 3.8) is 0 Å². The molecular formula is C28H33NO2. The summed E-state index contributed by atoms with van der Waals surface area (Å²) in [6, 6.07) is 27.3. The van der Waals surface area contributed by atoms with E-state index in [2.05, 4.69) is 73.6 Å². The fourth-order valence-corrected chi connectivity index (χ4v) is 5.28. The predicted octanol–water partition coefficient (Wildman–Crippen LogP) is 5.78. The Labute approximate surface area is 186 Å². The van der Waals surface area contributed by atoms with E-state index < -0.39 is 5.60 Å². The Morgan fingerprint density at radius 3 is 2.35 bits per heavy atom. The van der Waals surface area contributed by atoms with Crippen molar-refractivity contribution in [1.82, 2.24) is 0 Å². The summed E-state index contributed by atoms with van der Waals surface area (Å²) >= 11 is 0. The number of ether oxygens (including phenoxy) is 1. The third-order valence-electron chi connectivity index (χ3n) is 6.90. The van der Waals surface area contributed by atoms with Gasteiger partial charge < -0.3 is 14.7 Å². The van der Waals surface area contributed by atoms with E-state index >= 15 is 0 Å². The minimum Gasteiger partial charge on any atom is -0.496 e. The Morgan fingerprint density at radius 2 is 1.61 bits per heavy atom. The number of aliphatic hydroxyl groups is 1. The Bertz CT molecular complexity index is 1000. The van der Waals surface area contributed by atoms with E-state index in [9.17, 15) is 5.11 Å². The average molecular weight is 416 g/mol. The van der Waals surface area contributed by atoms with Gasteiger partial charge in [-0.3, -0.25) is 0 Å². The van der Waals surface area contributed by atoms with Crippen molar-refractivity contribution in [2.24, 2.45) is 5.92 Å². The first-order valence-corrected chi connectivity index (χ1v) is 11.2. The average Bonchev–Trinajstić information content (AvgIpc) is 2.81. The van der Waals surface area contributed by atoms with Gasteiger partial charge in [-0.15, -0.1) is 0 Å². The summed E-state index contributed by atoms with van der Waals surface area (Å²) in [5, 5.41) is 12.2. The Morgan fingerprint density at radius 1 is 0.935 bits per heavy atom. The number of anilines is 1. The van der Waals surface area contributed by atoms with Crippen molar-refractivity contribution in [1.29, 1.82) is 0 Å². The van der Waals surface area contributed by atoms with Gasteiger partial charge in [-0.2, -0.15) is 0 Å². The SMILES string of the molecule is COc1ccccc1C1(O)CCC(c2ccccc2)CC1Cc1ccccc1N(C)C. The van der Waals surface area contributed by atoms with E-state index in [1.165, 1.54) is 16.8 Å². The maximum absolute atomic E-state index is 12.2. The molecule has 3 unspecified atom stereocenters. The van der Waals surface area contributed by atoms with Gasteiger partial charge >= 0.3 is 0 Å². The molecular weight excluding hydrogens is 382 g/mol. The van der Waals surface area contributed by atoms with Crippen LogP contribution in [0.2, 0.25) is 0 Å². The molecule has 3 aromatic rings. The molecule has 0 bridgehead atoms. The molecule has 1 aliphatic carbocycles. The fraction of sp³-hybridized carbons (Fsp3) is 0.357. The molecule has 1 aliphatic rings. The Balaban J connectivity index is 1.74. The number of methoxy groups -OCH3 is 1. The molecule has 3 heteroatoms. The van der Waals surface area contributed by atoms with Crippen LogP contribution in [0.5, 0.6) is 5.75 Å². The minimum absolute atomic E-state index is 0.0869. The van der Waals surface area contributed by atoms with Gasteiger partial charge in [-0.25, -0.2) is 0 Å². The fourth-order valence-electron chi connectivity index (χ4n) is 5.28. The van der Waals surface area contributed by atoms with Crippen molar-refractivity contribution in [2.45, 2.75) is 37.2 Å². The lowest BCUT2D eigenvalue weighted by Crippen LogP contribution is -2.41. The van der Waals surface area contributed by atoms with Crippen molar-refractivity contribution in [3.8, 4) is 5.75 Å². The smallest absolute Gasteiger partial charge is 0.124 e. The summed E-state index contributed by atoms with van der Waals surface area (Å²) in [6.07, 6.45) is 3.46. The van der Waals surface area contributed by atoms with Gasteiger partial charge in [0.2, 0.25) is 0 Å². The molecule has 3 aromatic carbocycles. The molecule has 0 spiro atoms. The molecule has 4 rings (SSSR count). The highest BCUT2D eigenvalue weighted by atomic mass is 16.5. The Kier molecular flexibility index (Phi) is 6.33. The van der Waals surface area contributed by atoms with Crippen LogP contribution in [0.4, 0.5) is 5.69 Å². The summed E-state index contributed by atoms with van der Waals surface area (Å²) in [5.74, 6) is 1.31. The molecule has 0 heterocycles. The van der Waals surface area contributed by atoms with Gasteiger partial charge in [0.05, 0.1) is 12.7 Å². The van der Waals surface area contributed by atoms with Gasteiger partial charge in [0.25, 0.3) is 0 Å². The molecule has 3 nitrogen and oxygen atoms in total. The molecule has 0 saturated heterocycles. The number of nitrogens with zero attached hydrogens (tertiary/aromatic N) is 1. The zero-order chi connectivity index (χ0) is 21.8. The highest BCUT2D eigenvalue weighted by molar-refractivity contribution is 5.53. The summed E-state index contributed by atoms with van der Waals surface area (Å²) in [4.78, 5) is 2.16. The number of rotatable bonds is 6. The van der Waals surface area contributed by atoms with Gasteiger partial charge in [0, 0.05) is 25.3 Å². The summed E-state index contributed by atoms with van der Waals surface area (Å²) in [7, 11) is 5.85. The van der Waals surface area contributed by atoms with Crippen molar-refractivity contribution in [3.05, 3.63) is 95.6 Å². The van der Waals surface area contributed by atoms with Gasteiger partial charge in [0.15, 0.2) is 0 Å². The van der Waals surface area contributed by atoms with Gasteiger partial charge in [0.1, 0.15) is 5.75 Å². The highest BCUT2D eigenvalue weighted by Gasteiger charge is 2.45. The molecule has 0 amide bonds. The molecule has 31 heavy (non-hydrogen) atoms. The first-order valence-electron chi connectivity index (χ1n) is 11.2. The van der Waals surface area contributed by atoms with Crippen molar-refractivity contribution < 1.29 is 9.84 Å². The quantitative estimate of drug-likeness (QED) is 0.554. The topological polar surface area (TPSA) is 32.7 Å². The molecule has 0 radical (unpaired) electrons. The maximum Gasteiger partial charge on any atom is 0.124 e. The molecule has 1 saturated carbocycles. The molecule has 0 aliphatic heterocycles. The van der Waals surface area contributed by atoms with Gasteiger partial charge in [-0.1, -0.05) is 66.7 Å². The number of benzene rings is 3. The van der Waals surface area contributed by atoms with E-state index in [-0.39, 0.29) is 5.92 Å². The van der Waals surface area contributed by atoms with Crippen LogP contribution < -0.4 is 9.64 Å². The summed E-state index contributed by atoms with van der Waals surface area (Å²) in [5.41, 5.74) is 3.86. The predicted molar refractivity (Wildman–Crippen MR) is 128 cm³/mol. The van der Waals surface area contributed by atoms with Crippen LogP contribution in [0.15, 0.2) is 78.9 Å². The second-order valence-corrected chi connectivity index (χ2v) is 8.93. The minimum atomic E-state index is -0.919. The molecule has 162 valence electrons. The molecule has 0 aromatic heterocycles. The lowest BCUT2D eigenvalue weighted by atomic mass is 9.64. The standard InChI is InChI=1S/C28H33NO2/c1-29(2)26-15-9-7-13-23(26)20-24-19-22(21-11-5-4-6-12-21)17-18-28(24,30)25-14-8-10-16-27(25)31-3/h4-16,22,24,30H,17-20H2,1-3H3. The molecule has 1 fully saturated rings. The van der Waals surface area contributed by atoms with Crippen LogP contribution in [0, 0.1) is 5.92 Å². The largest absolute Gasteiger partial charge is 0.496 e. The number of para-hydroxylation sites is 2. The lowest BCUT2D eigenvalue weighted by molar-refractivity contribution is -0.0608. The lowest BCUT2D eigenvalue weighted by Gasteiger charge is -2.44. The van der Waals surface area contributed by atoms with Gasteiger partial charge in [-0.05, 0) is 60.8 Å². The zero-order valence-corrected chi connectivity index (χ0v) is 18.8.